The molecule has 1 saturated heterocycles. The fourth-order valence-corrected chi connectivity index (χ4v) is 4.12. The highest BCUT2D eigenvalue weighted by Gasteiger charge is 2.62. The fraction of sp³-hybridized carbons (Fsp3) is 0.350. The molecule has 3 heteroatoms. The van der Waals surface area contributed by atoms with Crippen molar-refractivity contribution in [1.82, 2.24) is 4.90 Å². The molecular formula is C20H21NO2. The van der Waals surface area contributed by atoms with E-state index in [9.17, 15) is 4.79 Å². The van der Waals surface area contributed by atoms with Crippen molar-refractivity contribution in [2.24, 2.45) is 0 Å². The SMILES string of the molecule is CC12CCc3ccccc3C1(C)N(Cc1ccccc1)C(=O)O2. The van der Waals surface area contributed by atoms with Gasteiger partial charge >= 0.3 is 6.09 Å². The molecule has 2 aliphatic rings. The van der Waals surface area contributed by atoms with E-state index in [4.69, 9.17) is 4.74 Å². The van der Waals surface area contributed by atoms with Gasteiger partial charge in [0.15, 0.2) is 0 Å². The Labute approximate surface area is 136 Å². The Morgan fingerprint density at radius 2 is 1.74 bits per heavy atom. The number of carbonyl (C=O) groups is 1. The second-order valence-electron chi connectivity index (χ2n) is 6.90. The van der Waals surface area contributed by atoms with Crippen LogP contribution in [-0.4, -0.2) is 16.6 Å². The van der Waals surface area contributed by atoms with Crippen LogP contribution < -0.4 is 0 Å². The van der Waals surface area contributed by atoms with Gasteiger partial charge in [0.2, 0.25) is 0 Å². The van der Waals surface area contributed by atoms with Crippen molar-refractivity contribution in [2.45, 2.75) is 44.4 Å². The molecule has 2 aromatic carbocycles. The van der Waals surface area contributed by atoms with Gasteiger partial charge in [-0.25, -0.2) is 4.79 Å². The quantitative estimate of drug-likeness (QED) is 0.829. The van der Waals surface area contributed by atoms with E-state index in [0.717, 1.165) is 18.4 Å². The first-order valence-corrected chi connectivity index (χ1v) is 8.17. The number of aryl methyl sites for hydroxylation is 1. The molecule has 0 aromatic heterocycles. The minimum atomic E-state index is -0.479. The first-order chi connectivity index (χ1) is 11.0. The lowest BCUT2D eigenvalue weighted by molar-refractivity contribution is -0.0108. The number of rotatable bonds is 2. The van der Waals surface area contributed by atoms with Crippen molar-refractivity contribution in [2.75, 3.05) is 0 Å². The van der Waals surface area contributed by atoms with E-state index in [0.29, 0.717) is 6.54 Å². The van der Waals surface area contributed by atoms with Gasteiger partial charge in [0, 0.05) is 0 Å². The second kappa shape index (κ2) is 4.85. The standard InChI is InChI=1S/C20H21NO2/c1-19-13-12-16-10-6-7-11-17(16)20(19,2)21(18(22)23-19)14-15-8-4-3-5-9-15/h3-11H,12-14H2,1-2H3. The zero-order valence-corrected chi connectivity index (χ0v) is 13.6. The second-order valence-corrected chi connectivity index (χ2v) is 6.90. The Hall–Kier alpha value is -2.29. The normalized spacial score (nSPS) is 29.0. The summed E-state index contributed by atoms with van der Waals surface area (Å²) >= 11 is 0. The summed E-state index contributed by atoms with van der Waals surface area (Å²) in [5, 5.41) is 0. The lowest BCUT2D eigenvalue weighted by atomic mass is 9.67. The molecule has 1 heterocycles. The van der Waals surface area contributed by atoms with Gasteiger partial charge in [-0.05, 0) is 43.4 Å². The van der Waals surface area contributed by atoms with Crippen LogP contribution >= 0.6 is 0 Å². The number of carbonyl (C=O) groups excluding carboxylic acids is 1. The average Bonchev–Trinajstić information content (AvgIpc) is 2.76. The predicted octanol–water partition coefficient (Wildman–Crippen LogP) is 4.26. The van der Waals surface area contributed by atoms with Crippen LogP contribution in [0.15, 0.2) is 54.6 Å². The van der Waals surface area contributed by atoms with E-state index in [1.54, 1.807) is 0 Å². The number of hydrogen-bond acceptors (Lipinski definition) is 2. The maximum atomic E-state index is 12.7. The van der Waals surface area contributed by atoms with Crippen molar-refractivity contribution >= 4 is 6.09 Å². The molecule has 0 saturated carbocycles. The molecule has 4 rings (SSSR count). The first-order valence-electron chi connectivity index (χ1n) is 8.17. The van der Waals surface area contributed by atoms with E-state index in [-0.39, 0.29) is 6.09 Å². The molecule has 2 atom stereocenters. The van der Waals surface area contributed by atoms with Crippen molar-refractivity contribution in [1.29, 1.82) is 0 Å². The van der Waals surface area contributed by atoms with Gasteiger partial charge < -0.3 is 4.74 Å². The van der Waals surface area contributed by atoms with Crippen LogP contribution in [0.1, 0.15) is 37.0 Å². The van der Waals surface area contributed by atoms with Crippen molar-refractivity contribution < 1.29 is 9.53 Å². The van der Waals surface area contributed by atoms with Crippen LogP contribution in [0.3, 0.4) is 0 Å². The van der Waals surface area contributed by atoms with Gasteiger partial charge in [-0.15, -0.1) is 0 Å². The molecule has 1 aliphatic heterocycles. The maximum absolute atomic E-state index is 12.7. The number of nitrogens with zero attached hydrogens (tertiary/aromatic N) is 1. The summed E-state index contributed by atoms with van der Waals surface area (Å²) in [5.74, 6) is 0. The highest BCUT2D eigenvalue weighted by atomic mass is 16.6. The van der Waals surface area contributed by atoms with Gasteiger partial charge in [0.05, 0.1) is 6.54 Å². The van der Waals surface area contributed by atoms with Crippen LogP contribution in [0, 0.1) is 0 Å². The third kappa shape index (κ3) is 1.92. The average molecular weight is 307 g/mol. The number of amides is 1. The Balaban J connectivity index is 1.83. The molecule has 0 N–H and O–H groups in total. The summed E-state index contributed by atoms with van der Waals surface area (Å²) in [6.45, 7) is 4.80. The van der Waals surface area contributed by atoms with Crippen LogP contribution in [0.25, 0.3) is 0 Å². The van der Waals surface area contributed by atoms with Crippen LogP contribution in [0.4, 0.5) is 4.79 Å². The molecule has 2 aromatic rings. The van der Waals surface area contributed by atoms with E-state index >= 15 is 0 Å². The topological polar surface area (TPSA) is 29.5 Å². The monoisotopic (exact) mass is 307 g/mol. The lowest BCUT2D eigenvalue weighted by Gasteiger charge is -2.46. The number of ether oxygens (including phenoxy) is 1. The minimum Gasteiger partial charge on any atom is -0.440 e. The number of fused-ring (bicyclic) bond motifs is 3. The molecule has 118 valence electrons. The Kier molecular flexibility index (Phi) is 3.02. The largest absolute Gasteiger partial charge is 0.440 e. The molecule has 0 spiro atoms. The van der Waals surface area contributed by atoms with Gasteiger partial charge in [0.25, 0.3) is 0 Å². The number of hydrogen-bond donors (Lipinski definition) is 0. The smallest absolute Gasteiger partial charge is 0.411 e. The van der Waals surface area contributed by atoms with E-state index in [1.165, 1.54) is 11.1 Å². The molecule has 1 aliphatic carbocycles. The summed E-state index contributed by atoms with van der Waals surface area (Å²) in [6, 6.07) is 18.6. The molecule has 2 unspecified atom stereocenters. The van der Waals surface area contributed by atoms with Gasteiger partial charge in [0.1, 0.15) is 11.1 Å². The van der Waals surface area contributed by atoms with Crippen molar-refractivity contribution in [3.05, 3.63) is 71.3 Å². The predicted molar refractivity (Wildman–Crippen MR) is 89.0 cm³/mol. The zero-order valence-electron chi connectivity index (χ0n) is 13.6. The highest BCUT2D eigenvalue weighted by Crippen LogP contribution is 2.53. The molecule has 1 fully saturated rings. The summed E-state index contributed by atoms with van der Waals surface area (Å²) < 4.78 is 5.88. The minimum absolute atomic E-state index is 0.212. The van der Waals surface area contributed by atoms with Gasteiger partial charge in [-0.1, -0.05) is 54.6 Å². The van der Waals surface area contributed by atoms with Gasteiger partial charge in [-0.2, -0.15) is 0 Å². The lowest BCUT2D eigenvalue weighted by Crippen LogP contribution is -2.54. The van der Waals surface area contributed by atoms with Crippen LogP contribution in [-0.2, 0) is 23.2 Å². The molecule has 0 radical (unpaired) electrons. The Morgan fingerprint density at radius 1 is 1.04 bits per heavy atom. The summed E-state index contributed by atoms with van der Waals surface area (Å²) in [7, 11) is 0. The zero-order chi connectivity index (χ0) is 16.1. The van der Waals surface area contributed by atoms with E-state index < -0.39 is 11.1 Å². The molecule has 23 heavy (non-hydrogen) atoms. The van der Waals surface area contributed by atoms with Crippen LogP contribution in [0.2, 0.25) is 0 Å². The molecular weight excluding hydrogens is 286 g/mol. The molecule has 3 nitrogen and oxygen atoms in total. The van der Waals surface area contributed by atoms with Crippen molar-refractivity contribution in [3.8, 4) is 0 Å². The summed E-state index contributed by atoms with van der Waals surface area (Å²) in [6.07, 6.45) is 1.60. The van der Waals surface area contributed by atoms with Gasteiger partial charge in [-0.3, -0.25) is 4.90 Å². The maximum Gasteiger partial charge on any atom is 0.411 e. The summed E-state index contributed by atoms with van der Waals surface area (Å²) in [5.41, 5.74) is 2.75. The molecule has 1 amide bonds. The summed E-state index contributed by atoms with van der Waals surface area (Å²) in [4.78, 5) is 14.6. The van der Waals surface area contributed by atoms with Crippen LogP contribution in [0.5, 0.6) is 0 Å². The number of benzene rings is 2. The van der Waals surface area contributed by atoms with E-state index in [1.807, 2.05) is 23.1 Å². The van der Waals surface area contributed by atoms with Crippen molar-refractivity contribution in [3.63, 3.8) is 0 Å². The van der Waals surface area contributed by atoms with E-state index in [2.05, 4.69) is 50.2 Å². The third-order valence-electron chi connectivity index (χ3n) is 5.70. The first kappa shape index (κ1) is 14.3. The highest BCUT2D eigenvalue weighted by molar-refractivity contribution is 5.74. The molecule has 0 bridgehead atoms. The Morgan fingerprint density at radius 3 is 2.52 bits per heavy atom. The fourth-order valence-electron chi connectivity index (χ4n) is 4.12. The Bertz CT molecular complexity index is 757. The third-order valence-corrected chi connectivity index (χ3v) is 5.70.